The highest BCUT2D eigenvalue weighted by atomic mass is 16.7. The molecule has 3 heterocycles. The summed E-state index contributed by atoms with van der Waals surface area (Å²) >= 11 is 0. The van der Waals surface area contributed by atoms with Crippen molar-refractivity contribution in [3.05, 3.63) is 93.6 Å². The van der Waals surface area contributed by atoms with Crippen molar-refractivity contribution in [2.45, 2.75) is 122 Å². The van der Waals surface area contributed by atoms with E-state index in [2.05, 4.69) is 26.6 Å². The number of ketones is 3. The van der Waals surface area contributed by atoms with Crippen molar-refractivity contribution < 1.29 is 77.4 Å². The first-order valence-electron chi connectivity index (χ1n) is 24.9. The van der Waals surface area contributed by atoms with Crippen LogP contribution >= 0.6 is 0 Å². The van der Waals surface area contributed by atoms with Crippen LogP contribution in [0.5, 0.6) is 11.5 Å². The summed E-state index contributed by atoms with van der Waals surface area (Å²) in [6.07, 6.45) is 0.614. The van der Waals surface area contributed by atoms with E-state index in [-0.39, 0.29) is 122 Å². The molecule has 2 aliphatic carbocycles. The zero-order valence-corrected chi connectivity index (χ0v) is 41.8. The van der Waals surface area contributed by atoms with Crippen molar-refractivity contribution in [3.8, 4) is 11.5 Å². The molecule has 0 unspecified atom stereocenters. The molecule has 22 nitrogen and oxygen atoms in total. The number of fused-ring (bicyclic) bond motifs is 4. The van der Waals surface area contributed by atoms with Crippen molar-refractivity contribution in [3.63, 3.8) is 0 Å². The molecular weight excluding hydrogens is 977 g/mol. The fourth-order valence-corrected chi connectivity index (χ4v) is 9.96. The third-order valence-corrected chi connectivity index (χ3v) is 14.0. The number of phenols is 2. The number of rotatable bonds is 19. The average Bonchev–Trinajstić information content (AvgIpc) is 3.95. The maximum Gasteiger partial charge on any atom is 0.411 e. The Labute approximate surface area is 430 Å². The summed E-state index contributed by atoms with van der Waals surface area (Å²) < 4.78 is 23.5. The number of hydrogen-bond donors (Lipinski definition) is 8. The number of imide groups is 1. The van der Waals surface area contributed by atoms with Gasteiger partial charge in [0, 0.05) is 65.9 Å². The number of carbonyl (C=O) groups excluding carboxylic acids is 9. The Balaban J connectivity index is 0.853. The lowest BCUT2D eigenvalue weighted by molar-refractivity contribution is -0.216. The van der Waals surface area contributed by atoms with E-state index in [1.807, 2.05) is 0 Å². The third kappa shape index (κ3) is 11.8. The summed E-state index contributed by atoms with van der Waals surface area (Å²) in [7, 11) is 0. The number of carbonyl (C=O) groups is 9. The standard InChI is InChI=1S/C53H60N6O16/c1-25(2)46(58-37(62)11-6-5-7-18-59-39(63)16-17-40(59)64)52(70)54-26(3)51(69)55-30-14-12-28(13-15-30)23-73-53(71)57-33-10-8-9-31-42(33)49(67)45-44(47(31)65)48(66)32-19-29(27(4)61)20-35(43(32)50(45)68)75-41-21-34-36(24-72-41)74-38(22-60)56-34/h8-10,12-17,25-26,29,34-36,38,41,46,56,60,66,68H,5-7,11,18-24H2,1-4H3,(H,54,70)(H,55,69)(H,57,71)(H,58,62)/t26-,29+,34-,35-,36+,38+,41-,46-/m0/s1. The number of aromatic hydroxyl groups is 2. The number of unbranched alkanes of at least 4 members (excludes halogenated alkanes) is 2. The molecule has 8 rings (SSSR count). The minimum atomic E-state index is -1.06. The fraction of sp³-hybridized carbons (Fsp3) is 0.453. The summed E-state index contributed by atoms with van der Waals surface area (Å²) in [5.74, 6) is -6.23. The van der Waals surface area contributed by atoms with Gasteiger partial charge >= 0.3 is 6.09 Å². The van der Waals surface area contributed by atoms with Gasteiger partial charge in [0.05, 0.1) is 47.8 Å². The number of nitrogens with zero attached hydrogens (tertiary/aromatic N) is 1. The molecule has 0 saturated carbocycles. The maximum absolute atomic E-state index is 14.5. The number of nitrogens with one attached hydrogen (secondary N) is 5. The Morgan fingerprint density at radius 1 is 0.840 bits per heavy atom. The number of anilines is 2. The molecule has 6 amide bonds. The van der Waals surface area contributed by atoms with Gasteiger partial charge in [-0.15, -0.1) is 0 Å². The molecule has 5 aliphatic rings. The Morgan fingerprint density at radius 3 is 2.25 bits per heavy atom. The lowest BCUT2D eigenvalue weighted by atomic mass is 9.73. The lowest BCUT2D eigenvalue weighted by Gasteiger charge is -2.37. The van der Waals surface area contributed by atoms with Crippen molar-refractivity contribution >= 4 is 64.4 Å². The molecule has 22 heteroatoms. The minimum Gasteiger partial charge on any atom is -0.507 e. The smallest absolute Gasteiger partial charge is 0.411 e. The molecule has 0 radical (unpaired) electrons. The van der Waals surface area contributed by atoms with Gasteiger partial charge < -0.3 is 50.2 Å². The van der Waals surface area contributed by atoms with E-state index < -0.39 is 88.7 Å². The first-order valence-corrected chi connectivity index (χ1v) is 24.9. The first kappa shape index (κ1) is 53.9. The van der Waals surface area contributed by atoms with Crippen LogP contribution in [-0.4, -0.2) is 130 Å². The van der Waals surface area contributed by atoms with Crippen LogP contribution in [0.1, 0.15) is 121 Å². The third-order valence-electron chi connectivity index (χ3n) is 14.0. The van der Waals surface area contributed by atoms with E-state index in [0.717, 1.165) is 4.90 Å². The molecule has 3 aromatic carbocycles. The summed E-state index contributed by atoms with van der Waals surface area (Å²) in [5, 5.41) is 47.1. The maximum atomic E-state index is 14.5. The molecule has 8 atom stereocenters. The van der Waals surface area contributed by atoms with Gasteiger partial charge in [-0.25, -0.2) is 4.79 Å². The molecule has 0 spiro atoms. The number of aliphatic hydroxyl groups is 1. The fourth-order valence-electron chi connectivity index (χ4n) is 9.96. The molecule has 3 aliphatic heterocycles. The van der Waals surface area contributed by atoms with Gasteiger partial charge in [0.15, 0.2) is 17.9 Å². The van der Waals surface area contributed by atoms with Crippen molar-refractivity contribution in [2.24, 2.45) is 11.8 Å². The normalized spacial score (nSPS) is 22.4. The van der Waals surface area contributed by atoms with E-state index in [1.54, 1.807) is 38.1 Å². The second-order valence-electron chi connectivity index (χ2n) is 19.6. The van der Waals surface area contributed by atoms with Gasteiger partial charge in [-0.3, -0.25) is 53.9 Å². The molecule has 2 fully saturated rings. The number of Topliss-reactive ketones (excluding diaryl/α,β-unsaturated/α-hetero) is 1. The number of phenolic OH excluding ortho intramolecular Hbond substituents is 2. The Kier molecular flexibility index (Phi) is 16.6. The minimum absolute atomic E-state index is 0.0335. The number of benzene rings is 3. The van der Waals surface area contributed by atoms with Gasteiger partial charge in [-0.2, -0.15) is 0 Å². The number of amides is 6. The largest absolute Gasteiger partial charge is 0.507 e. The van der Waals surface area contributed by atoms with E-state index in [4.69, 9.17) is 18.9 Å². The number of ether oxygens (including phenoxy) is 4. The highest BCUT2D eigenvalue weighted by Crippen LogP contribution is 2.51. The molecule has 8 N–H and O–H groups in total. The second kappa shape index (κ2) is 23.0. The SMILES string of the molecule is CC(=O)[C@@H]1Cc2c(O)c3c(c(O)c2[C@@H](O[C@H]2C[C@@H]4N[C@@H](CO)O[C@@H]4CO2)C1)C(=O)c1c(NC(=O)OCc2ccc(NC(=O)[C@H](C)NC(=O)[C@@H](NC(=O)CCCCCN4C(=O)C=CC4=O)C(C)C)cc2)cccc1C3=O. The number of hydrogen-bond acceptors (Lipinski definition) is 17. The van der Waals surface area contributed by atoms with Crippen molar-refractivity contribution in [2.75, 3.05) is 30.4 Å². The van der Waals surface area contributed by atoms with Gasteiger partial charge in [0.1, 0.15) is 42.2 Å². The van der Waals surface area contributed by atoms with Crippen molar-refractivity contribution in [1.82, 2.24) is 20.9 Å². The summed E-state index contributed by atoms with van der Waals surface area (Å²) in [6.45, 7) is 6.26. The zero-order valence-electron chi connectivity index (χ0n) is 41.8. The van der Waals surface area contributed by atoms with E-state index in [9.17, 15) is 58.5 Å². The zero-order chi connectivity index (χ0) is 53.8. The molecule has 0 bridgehead atoms. The monoisotopic (exact) mass is 1040 g/mol. The van der Waals surface area contributed by atoms with Gasteiger partial charge in [-0.1, -0.05) is 44.5 Å². The molecule has 75 heavy (non-hydrogen) atoms. The van der Waals surface area contributed by atoms with Crippen molar-refractivity contribution in [1.29, 1.82) is 0 Å². The first-order chi connectivity index (χ1) is 35.8. The predicted octanol–water partition coefficient (Wildman–Crippen LogP) is 3.32. The van der Waals surface area contributed by atoms with Crippen LogP contribution in [0.15, 0.2) is 54.6 Å². The molecule has 398 valence electrons. The van der Waals surface area contributed by atoms with E-state index in [0.29, 0.717) is 30.5 Å². The highest BCUT2D eigenvalue weighted by molar-refractivity contribution is 6.32. The van der Waals surface area contributed by atoms with Crippen LogP contribution in [0.2, 0.25) is 0 Å². The quantitative estimate of drug-likeness (QED) is 0.0379. The summed E-state index contributed by atoms with van der Waals surface area (Å²) in [4.78, 5) is 118. The second-order valence-corrected chi connectivity index (χ2v) is 19.6. The van der Waals surface area contributed by atoms with Gasteiger partial charge in [0.2, 0.25) is 17.7 Å². The highest BCUT2D eigenvalue weighted by Gasteiger charge is 2.46. The summed E-state index contributed by atoms with van der Waals surface area (Å²) in [6, 6.07) is 8.26. The topological polar surface area (TPSA) is 315 Å². The lowest BCUT2D eigenvalue weighted by Crippen LogP contribution is -2.53. The predicted molar refractivity (Wildman–Crippen MR) is 264 cm³/mol. The molecule has 2 saturated heterocycles. The van der Waals surface area contributed by atoms with Crippen LogP contribution in [0.3, 0.4) is 0 Å². The number of aliphatic hydroxyl groups excluding tert-OH is 1. The van der Waals surface area contributed by atoms with Crippen LogP contribution < -0.4 is 26.6 Å². The average molecular weight is 1040 g/mol. The van der Waals surface area contributed by atoms with Gasteiger partial charge in [0.25, 0.3) is 11.8 Å². The van der Waals surface area contributed by atoms with Crippen LogP contribution in [0, 0.1) is 11.8 Å². The Bertz CT molecular complexity index is 2810. The Hall–Kier alpha value is -7.37. The van der Waals surface area contributed by atoms with E-state index in [1.165, 1.54) is 44.2 Å². The van der Waals surface area contributed by atoms with Crippen LogP contribution in [0.25, 0.3) is 0 Å². The van der Waals surface area contributed by atoms with E-state index >= 15 is 0 Å². The molecule has 3 aromatic rings. The Morgan fingerprint density at radius 2 is 1.56 bits per heavy atom. The summed E-state index contributed by atoms with van der Waals surface area (Å²) in [5.41, 5.74) is -0.491. The van der Waals surface area contributed by atoms with Crippen LogP contribution in [0.4, 0.5) is 16.2 Å². The molecular formula is C53H60N6O16. The molecule has 0 aromatic heterocycles. The van der Waals surface area contributed by atoms with Gasteiger partial charge in [-0.05, 0) is 69.2 Å². The van der Waals surface area contributed by atoms with Crippen LogP contribution in [-0.2, 0) is 60.7 Å².